The molecule has 0 aliphatic heterocycles. The van der Waals surface area contributed by atoms with E-state index in [0.29, 0.717) is 5.82 Å². The average molecular weight is 253 g/mol. The summed E-state index contributed by atoms with van der Waals surface area (Å²) in [4.78, 5) is 11.7. The van der Waals surface area contributed by atoms with Gasteiger partial charge >= 0.3 is 0 Å². The number of rotatable bonds is 4. The highest BCUT2D eigenvalue weighted by Crippen LogP contribution is 2.16. The predicted octanol–water partition coefficient (Wildman–Crippen LogP) is 2.03. The van der Waals surface area contributed by atoms with Crippen molar-refractivity contribution in [1.29, 1.82) is 5.26 Å². The summed E-state index contributed by atoms with van der Waals surface area (Å²) < 4.78 is 0. The monoisotopic (exact) mass is 253 g/mol. The fraction of sp³-hybridized carbons (Fsp3) is 0.214. The predicted molar refractivity (Wildman–Crippen MR) is 74.6 cm³/mol. The fourth-order valence-electron chi connectivity index (χ4n) is 1.72. The van der Waals surface area contributed by atoms with Crippen LogP contribution in [0.1, 0.15) is 5.56 Å². The maximum atomic E-state index is 8.85. The van der Waals surface area contributed by atoms with Crippen molar-refractivity contribution in [2.24, 2.45) is 0 Å². The van der Waals surface area contributed by atoms with Crippen LogP contribution in [-0.4, -0.2) is 24.1 Å². The minimum absolute atomic E-state index is 0.590. The lowest BCUT2D eigenvalue weighted by Crippen LogP contribution is -2.19. The lowest BCUT2D eigenvalue weighted by Gasteiger charge is -2.19. The Morgan fingerprint density at radius 1 is 1.11 bits per heavy atom. The summed E-state index contributed by atoms with van der Waals surface area (Å²) in [6, 6.07) is 12.0. The number of benzene rings is 1. The highest BCUT2D eigenvalue weighted by atomic mass is 15.2. The van der Waals surface area contributed by atoms with Crippen molar-refractivity contribution in [3.8, 4) is 6.19 Å². The summed E-state index contributed by atoms with van der Waals surface area (Å²) in [6.45, 7) is 0.758. The molecule has 1 aromatic heterocycles. The van der Waals surface area contributed by atoms with E-state index in [0.717, 1.165) is 12.4 Å². The standard InChI is InChI=1S/C14H15N5/c1-18(9-12-6-4-3-5-7-12)13-8-14(17-11-16-13)19(2)10-15/h3-8,11H,9H2,1-2H3. The number of hydrogen-bond donors (Lipinski definition) is 0. The molecule has 0 N–H and O–H groups in total. The van der Waals surface area contributed by atoms with Gasteiger partial charge in [-0.25, -0.2) is 9.97 Å². The van der Waals surface area contributed by atoms with E-state index in [4.69, 9.17) is 5.26 Å². The molecule has 0 amide bonds. The van der Waals surface area contributed by atoms with Gasteiger partial charge in [0, 0.05) is 26.7 Å². The van der Waals surface area contributed by atoms with Crippen molar-refractivity contribution < 1.29 is 0 Å². The van der Waals surface area contributed by atoms with Gasteiger partial charge in [0.1, 0.15) is 18.0 Å². The van der Waals surface area contributed by atoms with Gasteiger partial charge < -0.3 is 4.90 Å². The van der Waals surface area contributed by atoms with Gasteiger partial charge in [-0.1, -0.05) is 30.3 Å². The third kappa shape index (κ3) is 3.19. The third-order valence-electron chi connectivity index (χ3n) is 2.79. The van der Waals surface area contributed by atoms with Crippen molar-refractivity contribution in [1.82, 2.24) is 9.97 Å². The highest BCUT2D eigenvalue weighted by Gasteiger charge is 2.07. The summed E-state index contributed by atoms with van der Waals surface area (Å²) in [6.07, 6.45) is 3.49. The van der Waals surface area contributed by atoms with Crippen LogP contribution in [0.25, 0.3) is 0 Å². The molecule has 0 radical (unpaired) electrons. The van der Waals surface area contributed by atoms with Crippen molar-refractivity contribution in [3.05, 3.63) is 48.3 Å². The van der Waals surface area contributed by atoms with E-state index in [2.05, 4.69) is 22.1 Å². The maximum absolute atomic E-state index is 8.85. The molecule has 5 nitrogen and oxygen atoms in total. The molecule has 0 aliphatic rings. The Kier molecular flexibility index (Phi) is 3.94. The van der Waals surface area contributed by atoms with E-state index in [1.165, 1.54) is 16.8 Å². The second-order valence-corrected chi connectivity index (χ2v) is 4.24. The van der Waals surface area contributed by atoms with Crippen LogP contribution in [0.4, 0.5) is 11.6 Å². The molecule has 5 heteroatoms. The van der Waals surface area contributed by atoms with Crippen LogP contribution in [0.3, 0.4) is 0 Å². The second kappa shape index (κ2) is 5.83. The molecule has 96 valence electrons. The minimum Gasteiger partial charge on any atom is -0.355 e. The molecule has 0 bridgehead atoms. The van der Waals surface area contributed by atoms with Gasteiger partial charge in [0.15, 0.2) is 6.19 Å². The Morgan fingerprint density at radius 2 is 1.79 bits per heavy atom. The van der Waals surface area contributed by atoms with Gasteiger partial charge in [0.2, 0.25) is 0 Å². The summed E-state index contributed by atoms with van der Waals surface area (Å²) in [5.41, 5.74) is 1.21. The molecular formula is C14H15N5. The van der Waals surface area contributed by atoms with Gasteiger partial charge in [-0.3, -0.25) is 4.90 Å². The Bertz CT molecular complexity index is 576. The first-order chi connectivity index (χ1) is 9.20. The summed E-state index contributed by atoms with van der Waals surface area (Å²) in [5.74, 6) is 1.38. The van der Waals surface area contributed by atoms with Crippen molar-refractivity contribution >= 4 is 11.6 Å². The number of anilines is 2. The lowest BCUT2D eigenvalue weighted by molar-refractivity contribution is 0.889. The Hall–Kier alpha value is -2.61. The number of hydrogen-bond acceptors (Lipinski definition) is 5. The van der Waals surface area contributed by atoms with Gasteiger partial charge in [0.25, 0.3) is 0 Å². The summed E-state index contributed by atoms with van der Waals surface area (Å²) in [7, 11) is 3.63. The molecular weight excluding hydrogens is 238 g/mol. The van der Waals surface area contributed by atoms with E-state index in [1.54, 1.807) is 13.1 Å². The average Bonchev–Trinajstić information content (AvgIpc) is 2.47. The van der Waals surface area contributed by atoms with Crippen molar-refractivity contribution in [2.45, 2.75) is 6.54 Å². The smallest absolute Gasteiger partial charge is 0.185 e. The summed E-state index contributed by atoms with van der Waals surface area (Å²) in [5, 5.41) is 8.85. The van der Waals surface area contributed by atoms with Crippen LogP contribution < -0.4 is 9.80 Å². The molecule has 0 unspecified atom stereocenters. The molecule has 0 fully saturated rings. The summed E-state index contributed by atoms with van der Waals surface area (Å²) >= 11 is 0. The van der Waals surface area contributed by atoms with Crippen LogP contribution in [0.5, 0.6) is 0 Å². The number of nitriles is 1. The zero-order chi connectivity index (χ0) is 13.7. The fourth-order valence-corrected chi connectivity index (χ4v) is 1.72. The van der Waals surface area contributed by atoms with Crippen molar-refractivity contribution in [3.63, 3.8) is 0 Å². The molecule has 0 atom stereocenters. The SMILES string of the molecule is CN(C#N)c1cc(N(C)Cc2ccccc2)ncn1. The van der Waals surface area contributed by atoms with Crippen LogP contribution in [-0.2, 0) is 6.54 Å². The minimum atomic E-state index is 0.590. The Morgan fingerprint density at radius 3 is 2.47 bits per heavy atom. The molecule has 0 spiro atoms. The second-order valence-electron chi connectivity index (χ2n) is 4.24. The Labute approximate surface area is 112 Å². The molecule has 2 rings (SSSR count). The van der Waals surface area contributed by atoms with Gasteiger partial charge in [-0.2, -0.15) is 5.26 Å². The zero-order valence-electron chi connectivity index (χ0n) is 11.0. The molecule has 0 saturated carbocycles. The van der Waals surface area contributed by atoms with Gasteiger partial charge in [0.05, 0.1) is 0 Å². The molecule has 19 heavy (non-hydrogen) atoms. The van der Waals surface area contributed by atoms with Gasteiger partial charge in [-0.15, -0.1) is 0 Å². The highest BCUT2D eigenvalue weighted by molar-refractivity contribution is 5.51. The van der Waals surface area contributed by atoms with Gasteiger partial charge in [-0.05, 0) is 5.56 Å². The lowest BCUT2D eigenvalue weighted by atomic mass is 10.2. The Balaban J connectivity index is 2.16. The van der Waals surface area contributed by atoms with Crippen LogP contribution >= 0.6 is 0 Å². The molecule has 0 saturated heterocycles. The van der Waals surface area contributed by atoms with E-state index in [-0.39, 0.29) is 0 Å². The molecule has 1 aromatic carbocycles. The first-order valence-electron chi connectivity index (χ1n) is 5.91. The normalized spacial score (nSPS) is 9.74. The first kappa shape index (κ1) is 12.8. The topological polar surface area (TPSA) is 56.1 Å². The molecule has 2 aromatic rings. The largest absolute Gasteiger partial charge is 0.355 e. The first-order valence-corrected chi connectivity index (χ1v) is 5.91. The molecule has 1 heterocycles. The van der Waals surface area contributed by atoms with E-state index in [9.17, 15) is 0 Å². The quantitative estimate of drug-likeness (QED) is 0.616. The number of aromatic nitrogens is 2. The van der Waals surface area contributed by atoms with Crippen LogP contribution in [0, 0.1) is 11.5 Å². The molecule has 0 aliphatic carbocycles. The van der Waals surface area contributed by atoms with E-state index < -0.39 is 0 Å². The number of nitrogens with zero attached hydrogens (tertiary/aromatic N) is 5. The zero-order valence-corrected chi connectivity index (χ0v) is 11.0. The van der Waals surface area contributed by atoms with Crippen molar-refractivity contribution in [2.75, 3.05) is 23.9 Å². The van der Waals surface area contributed by atoms with Crippen LogP contribution in [0.2, 0.25) is 0 Å². The van der Waals surface area contributed by atoms with E-state index >= 15 is 0 Å². The van der Waals surface area contributed by atoms with Crippen LogP contribution in [0.15, 0.2) is 42.7 Å². The third-order valence-corrected chi connectivity index (χ3v) is 2.79. The van der Waals surface area contributed by atoms with E-state index in [1.807, 2.05) is 36.3 Å². The maximum Gasteiger partial charge on any atom is 0.185 e.